The van der Waals surface area contributed by atoms with Gasteiger partial charge in [-0.3, -0.25) is 4.90 Å². The molecule has 0 aliphatic rings. The van der Waals surface area contributed by atoms with Crippen LogP contribution in [0.15, 0.2) is 0 Å². The van der Waals surface area contributed by atoms with E-state index in [9.17, 15) is 5.11 Å². The van der Waals surface area contributed by atoms with Crippen molar-refractivity contribution >= 4 is 0 Å². The summed E-state index contributed by atoms with van der Waals surface area (Å²) in [6.45, 7) is 14.0. The first-order valence-corrected chi connectivity index (χ1v) is 6.26. The highest BCUT2D eigenvalue weighted by molar-refractivity contribution is 4.90. The second-order valence-electron chi connectivity index (χ2n) is 6.04. The van der Waals surface area contributed by atoms with Crippen LogP contribution in [0.1, 0.15) is 48.0 Å². The van der Waals surface area contributed by atoms with Gasteiger partial charge in [-0.15, -0.1) is 0 Å². The molecule has 3 nitrogen and oxygen atoms in total. The molecule has 98 valence electrons. The maximum Gasteiger partial charge on any atom is 0.0623 e. The third kappa shape index (κ3) is 4.81. The second kappa shape index (κ2) is 5.99. The van der Waals surface area contributed by atoms with Gasteiger partial charge in [0.15, 0.2) is 0 Å². The summed E-state index contributed by atoms with van der Waals surface area (Å²) in [4.78, 5) is 2.32. The fourth-order valence-electron chi connectivity index (χ4n) is 1.85. The zero-order chi connectivity index (χ0) is 13.0. The Bertz CT molecular complexity index is 204. The topological polar surface area (TPSA) is 35.5 Å². The fourth-order valence-corrected chi connectivity index (χ4v) is 1.85. The first kappa shape index (κ1) is 15.9. The van der Waals surface area contributed by atoms with Gasteiger partial charge in [0.1, 0.15) is 0 Å². The van der Waals surface area contributed by atoms with Gasteiger partial charge in [-0.25, -0.2) is 0 Å². The van der Waals surface area contributed by atoms with Crippen LogP contribution in [0.4, 0.5) is 0 Å². The van der Waals surface area contributed by atoms with Crippen LogP contribution in [0.3, 0.4) is 0 Å². The van der Waals surface area contributed by atoms with Crippen LogP contribution >= 0.6 is 0 Å². The zero-order valence-electron chi connectivity index (χ0n) is 12.1. The molecule has 2 N–H and O–H groups in total. The van der Waals surface area contributed by atoms with Crippen molar-refractivity contribution in [3.05, 3.63) is 0 Å². The van der Waals surface area contributed by atoms with E-state index in [-0.39, 0.29) is 17.7 Å². The van der Waals surface area contributed by atoms with Crippen LogP contribution < -0.4 is 5.32 Å². The van der Waals surface area contributed by atoms with Crippen LogP contribution in [-0.4, -0.2) is 47.3 Å². The predicted octanol–water partition coefficient (Wildman–Crippen LogP) is 1.86. The number of nitrogens with one attached hydrogen (secondary N) is 1. The van der Waals surface area contributed by atoms with Gasteiger partial charge in [0.2, 0.25) is 0 Å². The fraction of sp³-hybridized carbons (Fsp3) is 1.00. The zero-order valence-corrected chi connectivity index (χ0v) is 12.1. The summed E-state index contributed by atoms with van der Waals surface area (Å²) >= 11 is 0. The largest absolute Gasteiger partial charge is 0.394 e. The summed E-state index contributed by atoms with van der Waals surface area (Å²) in [7, 11) is 2.12. The van der Waals surface area contributed by atoms with E-state index in [1.54, 1.807) is 0 Å². The van der Waals surface area contributed by atoms with Crippen molar-refractivity contribution in [1.29, 1.82) is 0 Å². The van der Waals surface area contributed by atoms with Crippen molar-refractivity contribution in [3.63, 3.8) is 0 Å². The molecular formula is C13H30N2O. The van der Waals surface area contributed by atoms with Crippen molar-refractivity contribution in [2.45, 2.75) is 65.1 Å². The Hall–Kier alpha value is -0.120. The van der Waals surface area contributed by atoms with Crippen LogP contribution in [-0.2, 0) is 0 Å². The molecule has 1 unspecified atom stereocenters. The summed E-state index contributed by atoms with van der Waals surface area (Å²) in [5.74, 6) is 0. The molecule has 0 aliphatic heterocycles. The lowest BCUT2D eigenvalue weighted by atomic mass is 9.95. The van der Waals surface area contributed by atoms with E-state index in [4.69, 9.17) is 0 Å². The molecule has 0 amide bonds. The van der Waals surface area contributed by atoms with Crippen molar-refractivity contribution in [1.82, 2.24) is 10.2 Å². The van der Waals surface area contributed by atoms with E-state index in [0.717, 1.165) is 13.0 Å². The van der Waals surface area contributed by atoms with Gasteiger partial charge in [-0.05, 0) is 34.2 Å². The normalized spacial score (nSPS) is 16.9. The monoisotopic (exact) mass is 230 g/mol. The number of nitrogens with zero attached hydrogens (tertiary/aromatic N) is 1. The Kier molecular flexibility index (Phi) is 5.94. The Balaban J connectivity index is 4.53. The third-order valence-electron chi connectivity index (χ3n) is 3.47. The Labute approximate surface area is 101 Å². The molecule has 0 rings (SSSR count). The molecule has 0 saturated heterocycles. The minimum Gasteiger partial charge on any atom is -0.394 e. The molecule has 1 atom stereocenters. The molecule has 0 bridgehead atoms. The van der Waals surface area contributed by atoms with Gasteiger partial charge in [-0.1, -0.05) is 20.8 Å². The van der Waals surface area contributed by atoms with E-state index >= 15 is 0 Å². The van der Waals surface area contributed by atoms with Crippen molar-refractivity contribution < 1.29 is 5.11 Å². The standard InChI is InChI=1S/C13H30N2O/c1-8-12(4,5)15(7)9-13(6,10-16)14-11(2)3/h11,14,16H,8-10H2,1-7H3. The highest BCUT2D eigenvalue weighted by Gasteiger charge is 2.30. The lowest BCUT2D eigenvalue weighted by Crippen LogP contribution is -2.58. The first-order valence-electron chi connectivity index (χ1n) is 6.26. The average Bonchev–Trinajstić information content (AvgIpc) is 2.16. The number of hydrogen-bond donors (Lipinski definition) is 2. The van der Waals surface area contributed by atoms with Crippen LogP contribution in [0, 0.1) is 0 Å². The lowest BCUT2D eigenvalue weighted by molar-refractivity contribution is 0.0714. The van der Waals surface area contributed by atoms with Gasteiger partial charge in [0, 0.05) is 18.1 Å². The van der Waals surface area contributed by atoms with Gasteiger partial charge < -0.3 is 10.4 Å². The molecule has 0 heterocycles. The molecule has 0 radical (unpaired) electrons. The number of aliphatic hydroxyl groups is 1. The second-order valence-corrected chi connectivity index (χ2v) is 6.04. The van der Waals surface area contributed by atoms with E-state index in [1.165, 1.54) is 0 Å². The van der Waals surface area contributed by atoms with Crippen molar-refractivity contribution in [2.75, 3.05) is 20.2 Å². The Morgan fingerprint density at radius 2 is 1.75 bits per heavy atom. The van der Waals surface area contributed by atoms with Crippen LogP contribution in [0.5, 0.6) is 0 Å². The maximum absolute atomic E-state index is 9.53. The summed E-state index contributed by atoms with van der Waals surface area (Å²) < 4.78 is 0. The first-order chi connectivity index (χ1) is 7.17. The molecule has 0 fully saturated rings. The third-order valence-corrected chi connectivity index (χ3v) is 3.47. The quantitative estimate of drug-likeness (QED) is 0.701. The Morgan fingerprint density at radius 1 is 1.25 bits per heavy atom. The smallest absolute Gasteiger partial charge is 0.0623 e. The summed E-state index contributed by atoms with van der Waals surface area (Å²) in [6.07, 6.45) is 1.10. The molecular weight excluding hydrogens is 200 g/mol. The molecule has 0 spiro atoms. The van der Waals surface area contributed by atoms with Gasteiger partial charge in [-0.2, -0.15) is 0 Å². The molecule has 0 aliphatic carbocycles. The molecule has 3 heteroatoms. The van der Waals surface area contributed by atoms with E-state index < -0.39 is 0 Å². The summed E-state index contributed by atoms with van der Waals surface area (Å²) in [5, 5.41) is 13.0. The van der Waals surface area contributed by atoms with Crippen LogP contribution in [0.25, 0.3) is 0 Å². The number of likely N-dealkylation sites (N-methyl/N-ethyl adjacent to an activating group) is 1. The number of hydrogen-bond acceptors (Lipinski definition) is 3. The average molecular weight is 230 g/mol. The minimum absolute atomic E-state index is 0.162. The Morgan fingerprint density at radius 3 is 2.06 bits per heavy atom. The van der Waals surface area contributed by atoms with Crippen molar-refractivity contribution in [3.8, 4) is 0 Å². The molecule has 0 aromatic carbocycles. The molecule has 0 aromatic rings. The molecule has 0 saturated carbocycles. The number of rotatable bonds is 7. The van der Waals surface area contributed by atoms with Gasteiger partial charge in [0.05, 0.1) is 12.1 Å². The van der Waals surface area contributed by atoms with Gasteiger partial charge >= 0.3 is 0 Å². The van der Waals surface area contributed by atoms with E-state index in [0.29, 0.717) is 6.04 Å². The predicted molar refractivity (Wildman–Crippen MR) is 70.8 cm³/mol. The highest BCUT2D eigenvalue weighted by Crippen LogP contribution is 2.19. The van der Waals surface area contributed by atoms with E-state index in [2.05, 4.69) is 58.8 Å². The molecule has 0 aromatic heterocycles. The maximum atomic E-state index is 9.53. The van der Waals surface area contributed by atoms with Crippen molar-refractivity contribution in [2.24, 2.45) is 0 Å². The summed E-state index contributed by atoms with van der Waals surface area (Å²) in [6, 6.07) is 0.385. The van der Waals surface area contributed by atoms with E-state index in [1.807, 2.05) is 0 Å². The molecule has 16 heavy (non-hydrogen) atoms. The number of aliphatic hydroxyl groups excluding tert-OH is 1. The lowest BCUT2D eigenvalue weighted by Gasteiger charge is -2.42. The van der Waals surface area contributed by atoms with Gasteiger partial charge in [0.25, 0.3) is 0 Å². The summed E-state index contributed by atoms with van der Waals surface area (Å²) in [5.41, 5.74) is -0.0511. The minimum atomic E-state index is -0.227. The highest BCUT2D eigenvalue weighted by atomic mass is 16.3. The SMILES string of the molecule is CCC(C)(C)N(C)CC(C)(CO)NC(C)C. The van der Waals surface area contributed by atoms with Crippen LogP contribution in [0.2, 0.25) is 0 Å².